The van der Waals surface area contributed by atoms with E-state index in [0.717, 1.165) is 12.8 Å². The summed E-state index contributed by atoms with van der Waals surface area (Å²) >= 11 is 0. The maximum atomic E-state index is 9.09. The largest absolute Gasteiger partial charge is 0.489 e. The van der Waals surface area contributed by atoms with Gasteiger partial charge < -0.3 is 4.74 Å². The van der Waals surface area contributed by atoms with Gasteiger partial charge in [-0.25, -0.2) is 0 Å². The van der Waals surface area contributed by atoms with E-state index in [1.165, 1.54) is 6.42 Å². The van der Waals surface area contributed by atoms with Crippen molar-refractivity contribution in [1.82, 2.24) is 0 Å². The van der Waals surface area contributed by atoms with Crippen molar-refractivity contribution in [2.24, 2.45) is 10.8 Å². The van der Waals surface area contributed by atoms with Gasteiger partial charge in [0.2, 0.25) is 0 Å². The second kappa shape index (κ2) is 4.89. The monoisotopic (exact) mass is 256 g/mol. The van der Waals surface area contributed by atoms with Gasteiger partial charge in [0.1, 0.15) is 17.4 Å². The van der Waals surface area contributed by atoms with Crippen molar-refractivity contribution in [2.45, 2.75) is 53.1 Å². The summed E-state index contributed by atoms with van der Waals surface area (Å²) in [6.07, 6.45) is 3.47. The first-order valence-corrected chi connectivity index (χ1v) is 6.89. The lowest BCUT2D eigenvalue weighted by Gasteiger charge is -2.44. The molecule has 0 heterocycles. The van der Waals surface area contributed by atoms with Crippen LogP contribution in [0, 0.1) is 28.2 Å². The summed E-state index contributed by atoms with van der Waals surface area (Å²) in [6.45, 7) is 9.19. The summed E-state index contributed by atoms with van der Waals surface area (Å²) in [5, 5.41) is 9.09. The minimum Gasteiger partial charge on any atom is -0.489 e. The van der Waals surface area contributed by atoms with E-state index in [1.807, 2.05) is 12.1 Å². The average Bonchev–Trinajstić information content (AvgIpc) is 2.25. The maximum absolute atomic E-state index is 9.09. The predicted molar refractivity (Wildman–Crippen MR) is 75.8 cm³/mol. The molecule has 1 aliphatic carbocycles. The van der Waals surface area contributed by atoms with Crippen molar-refractivity contribution in [1.29, 1.82) is 5.26 Å². The second-order valence-corrected chi connectivity index (χ2v) is 7.17. The van der Waals surface area contributed by atoms with E-state index in [0.29, 0.717) is 11.3 Å². The first-order chi connectivity index (χ1) is 8.81. The molecule has 2 heteroatoms. The highest BCUT2D eigenvalue weighted by Gasteiger charge is 2.39. The Labute approximate surface area is 116 Å². The van der Waals surface area contributed by atoms with Gasteiger partial charge in [0.15, 0.2) is 0 Å². The summed E-state index contributed by atoms with van der Waals surface area (Å²) in [5.74, 6) is 0.670. The summed E-state index contributed by atoms with van der Waals surface area (Å²) in [4.78, 5) is 0. The van der Waals surface area contributed by atoms with Gasteiger partial charge >= 0.3 is 0 Å². The van der Waals surface area contributed by atoms with Gasteiger partial charge in [-0.3, -0.25) is 0 Å². The molecule has 1 saturated carbocycles. The zero-order valence-electron chi connectivity index (χ0n) is 12.3. The lowest BCUT2D eigenvalue weighted by Crippen LogP contribution is -2.39. The van der Waals surface area contributed by atoms with Gasteiger partial charge in [-0.1, -0.05) is 39.8 Å². The van der Waals surface area contributed by atoms with E-state index >= 15 is 0 Å². The molecule has 2 nitrogen and oxygen atoms in total. The fourth-order valence-electron chi connectivity index (χ4n) is 3.61. The number of nitriles is 1. The molecule has 0 N–H and O–H groups in total. The van der Waals surface area contributed by atoms with Crippen LogP contribution in [0.2, 0.25) is 0 Å². The fourth-order valence-corrected chi connectivity index (χ4v) is 3.61. The number of benzene rings is 1. The van der Waals surface area contributed by atoms with E-state index in [9.17, 15) is 0 Å². The van der Waals surface area contributed by atoms with Crippen LogP contribution < -0.4 is 4.74 Å². The highest BCUT2D eigenvalue weighted by molar-refractivity contribution is 5.41. The third-order valence-electron chi connectivity index (χ3n) is 3.74. The summed E-state index contributed by atoms with van der Waals surface area (Å²) in [5.41, 5.74) is 1.08. The highest BCUT2D eigenvalue weighted by Crippen LogP contribution is 2.46. The Morgan fingerprint density at radius 1 is 1.26 bits per heavy atom. The van der Waals surface area contributed by atoms with Crippen LogP contribution in [0.1, 0.15) is 52.5 Å². The van der Waals surface area contributed by atoms with Gasteiger partial charge in [-0.05, 0) is 36.2 Å². The van der Waals surface area contributed by atoms with Gasteiger partial charge in [0.25, 0.3) is 0 Å². The Balaban J connectivity index is 2.17. The van der Waals surface area contributed by atoms with Crippen LogP contribution in [0.3, 0.4) is 0 Å². The molecule has 1 aromatic carbocycles. The molecule has 1 aliphatic rings. The third kappa shape index (κ3) is 3.50. The van der Waals surface area contributed by atoms with E-state index in [-0.39, 0.29) is 16.9 Å². The lowest BCUT2D eigenvalue weighted by molar-refractivity contribution is 0.0132. The van der Waals surface area contributed by atoms with Gasteiger partial charge in [-0.15, -0.1) is 0 Å². The first kappa shape index (κ1) is 13.9. The molecule has 0 atom stereocenters. The molecule has 0 aliphatic heterocycles. The van der Waals surface area contributed by atoms with Crippen LogP contribution in [-0.2, 0) is 0 Å². The molecule has 1 aromatic rings. The molecule has 0 aromatic heterocycles. The van der Waals surface area contributed by atoms with Crippen molar-refractivity contribution in [2.75, 3.05) is 0 Å². The van der Waals surface area contributed by atoms with Crippen molar-refractivity contribution in [3.05, 3.63) is 29.8 Å². The van der Waals surface area contributed by atoms with Gasteiger partial charge in [0.05, 0.1) is 6.10 Å². The molecule has 0 saturated heterocycles. The van der Waals surface area contributed by atoms with E-state index in [4.69, 9.17) is 10.00 Å². The molecule has 101 valence electrons. The van der Waals surface area contributed by atoms with Crippen molar-refractivity contribution >= 4 is 0 Å². The Kier molecular flexibility index (Phi) is 3.58. The Morgan fingerprint density at radius 3 is 2.47 bits per heavy atom. The summed E-state index contributed by atoms with van der Waals surface area (Å²) in [6, 6.07) is 10.6. The van der Waals surface area contributed by atoms with Crippen molar-refractivity contribution in [3.8, 4) is 11.8 Å². The van der Waals surface area contributed by atoms with Crippen molar-refractivity contribution < 1.29 is 4.74 Å². The molecule has 0 bridgehead atoms. The lowest BCUT2D eigenvalue weighted by atomic mass is 9.64. The number of ether oxygens (including phenoxy) is 1. The fraction of sp³-hybridized carbons (Fsp3) is 0.588. The van der Waals surface area contributed by atoms with Crippen LogP contribution in [0.15, 0.2) is 18.2 Å². The van der Waals surface area contributed by atoms with E-state index in [1.54, 1.807) is 6.07 Å². The standard InChI is InChI=1S/C17H22NO/c1-16(2)9-14(10-17(3,4)12-16)19-15-8-6-5-7-13(15)11-18/h5-6,8,14H,9-10,12H2,1-4H3. The highest BCUT2D eigenvalue weighted by atomic mass is 16.5. The molecule has 1 radical (unpaired) electrons. The number of hydrogen-bond acceptors (Lipinski definition) is 2. The minimum atomic E-state index is 0.182. The first-order valence-electron chi connectivity index (χ1n) is 6.89. The summed E-state index contributed by atoms with van der Waals surface area (Å²) < 4.78 is 6.09. The smallest absolute Gasteiger partial charge is 0.138 e. The molecular weight excluding hydrogens is 234 g/mol. The average molecular weight is 256 g/mol. The maximum Gasteiger partial charge on any atom is 0.138 e. The van der Waals surface area contributed by atoms with E-state index < -0.39 is 0 Å². The second-order valence-electron chi connectivity index (χ2n) is 7.17. The molecule has 0 unspecified atom stereocenters. The third-order valence-corrected chi connectivity index (χ3v) is 3.74. The van der Waals surface area contributed by atoms with Crippen LogP contribution in [0.4, 0.5) is 0 Å². The molecule has 19 heavy (non-hydrogen) atoms. The molecular formula is C17H22NO. The summed E-state index contributed by atoms with van der Waals surface area (Å²) in [7, 11) is 0. The number of hydrogen-bond donors (Lipinski definition) is 0. The number of rotatable bonds is 2. The van der Waals surface area contributed by atoms with Gasteiger partial charge in [-0.2, -0.15) is 5.26 Å². The minimum absolute atomic E-state index is 0.182. The Bertz CT molecular complexity index is 480. The number of nitrogens with zero attached hydrogens (tertiary/aromatic N) is 1. The van der Waals surface area contributed by atoms with Crippen molar-refractivity contribution in [3.63, 3.8) is 0 Å². The van der Waals surface area contributed by atoms with Crippen LogP contribution >= 0.6 is 0 Å². The van der Waals surface area contributed by atoms with E-state index in [2.05, 4.69) is 39.8 Å². The zero-order chi connectivity index (χ0) is 14.1. The van der Waals surface area contributed by atoms with Crippen LogP contribution in [0.5, 0.6) is 5.75 Å². The molecule has 0 spiro atoms. The van der Waals surface area contributed by atoms with Gasteiger partial charge in [0, 0.05) is 6.07 Å². The Hall–Kier alpha value is -1.49. The Morgan fingerprint density at radius 2 is 1.89 bits per heavy atom. The van der Waals surface area contributed by atoms with Crippen LogP contribution in [-0.4, -0.2) is 6.10 Å². The predicted octanol–water partition coefficient (Wildman–Crippen LogP) is 4.34. The molecule has 1 fully saturated rings. The van der Waals surface area contributed by atoms with Crippen LogP contribution in [0.25, 0.3) is 0 Å². The SMILES string of the molecule is CC1(C)CC(Oc2ccc[c]c2C#N)CC(C)(C)C1. The normalized spacial score (nSPS) is 21.6. The molecule has 2 rings (SSSR count). The molecule has 0 amide bonds. The quantitative estimate of drug-likeness (QED) is 0.788. The topological polar surface area (TPSA) is 33.0 Å². The zero-order valence-corrected chi connectivity index (χ0v) is 12.3.